The second kappa shape index (κ2) is 4.93. The van der Waals surface area contributed by atoms with Gasteiger partial charge in [0.15, 0.2) is 0 Å². The van der Waals surface area contributed by atoms with Crippen LogP contribution in [0.25, 0.3) is 0 Å². The highest BCUT2D eigenvalue weighted by Gasteiger charge is 2.11. The summed E-state index contributed by atoms with van der Waals surface area (Å²) in [5.74, 6) is -0.400. The minimum absolute atomic E-state index is 0.255. The molecule has 0 saturated carbocycles. The van der Waals surface area contributed by atoms with E-state index in [-0.39, 0.29) is 6.10 Å². The van der Waals surface area contributed by atoms with Crippen LogP contribution in [-0.2, 0) is 9.53 Å². The van der Waals surface area contributed by atoms with Crippen LogP contribution in [0.1, 0.15) is 27.2 Å². The normalized spacial score (nSPS) is 15.0. The molecule has 2 unspecified atom stereocenters. The van der Waals surface area contributed by atoms with Gasteiger partial charge in [0.2, 0.25) is 0 Å². The third kappa shape index (κ3) is 4.91. The number of esters is 1. The second-order valence-corrected chi connectivity index (χ2v) is 3.08. The highest BCUT2D eigenvalue weighted by molar-refractivity contribution is 5.87. The van der Waals surface area contributed by atoms with E-state index >= 15 is 0 Å². The Kier molecular flexibility index (Phi) is 4.59. The summed E-state index contributed by atoms with van der Waals surface area (Å²) in [5, 5.41) is 8.96. The maximum Gasteiger partial charge on any atom is 0.333 e. The molecule has 0 aromatic rings. The van der Waals surface area contributed by atoms with Crippen molar-refractivity contribution in [3.63, 3.8) is 0 Å². The van der Waals surface area contributed by atoms with Crippen molar-refractivity contribution in [3.8, 4) is 0 Å². The van der Waals surface area contributed by atoms with E-state index in [1.165, 1.54) is 0 Å². The molecular weight excluding hydrogens is 156 g/mol. The Morgan fingerprint density at radius 1 is 1.58 bits per heavy atom. The zero-order valence-electron chi connectivity index (χ0n) is 7.83. The highest BCUT2D eigenvalue weighted by atomic mass is 16.5. The molecule has 0 spiro atoms. The lowest BCUT2D eigenvalue weighted by Crippen LogP contribution is -2.19. The van der Waals surface area contributed by atoms with E-state index in [1.54, 1.807) is 20.8 Å². The fraction of sp³-hybridized carbons (Fsp3) is 0.667. The first-order valence-electron chi connectivity index (χ1n) is 3.98. The van der Waals surface area contributed by atoms with Gasteiger partial charge in [-0.2, -0.15) is 0 Å². The minimum atomic E-state index is -0.446. The van der Waals surface area contributed by atoms with E-state index in [9.17, 15) is 4.79 Å². The second-order valence-electron chi connectivity index (χ2n) is 3.08. The summed E-state index contributed by atoms with van der Waals surface area (Å²) in [5.41, 5.74) is 0.382. The maximum atomic E-state index is 10.9. The molecular formula is C9H16O3. The van der Waals surface area contributed by atoms with Crippen LogP contribution in [0.15, 0.2) is 12.2 Å². The minimum Gasteiger partial charge on any atom is -0.459 e. The van der Waals surface area contributed by atoms with E-state index in [4.69, 9.17) is 9.84 Å². The molecule has 2 atom stereocenters. The van der Waals surface area contributed by atoms with Crippen LogP contribution in [0, 0.1) is 0 Å². The van der Waals surface area contributed by atoms with E-state index in [2.05, 4.69) is 6.58 Å². The van der Waals surface area contributed by atoms with Crippen molar-refractivity contribution in [2.45, 2.75) is 39.4 Å². The Morgan fingerprint density at radius 3 is 2.42 bits per heavy atom. The third-order valence-electron chi connectivity index (χ3n) is 1.33. The van der Waals surface area contributed by atoms with E-state index < -0.39 is 12.1 Å². The van der Waals surface area contributed by atoms with Gasteiger partial charge in [0.05, 0.1) is 6.10 Å². The first kappa shape index (κ1) is 11.2. The molecule has 0 saturated heterocycles. The van der Waals surface area contributed by atoms with Gasteiger partial charge in [0.1, 0.15) is 6.10 Å². The molecule has 0 heterocycles. The first-order chi connectivity index (χ1) is 5.43. The average molecular weight is 172 g/mol. The summed E-state index contributed by atoms with van der Waals surface area (Å²) < 4.78 is 4.92. The van der Waals surface area contributed by atoms with Crippen molar-refractivity contribution in [3.05, 3.63) is 12.2 Å². The van der Waals surface area contributed by atoms with Crippen molar-refractivity contribution in [1.82, 2.24) is 0 Å². The lowest BCUT2D eigenvalue weighted by atomic mass is 10.2. The van der Waals surface area contributed by atoms with Crippen LogP contribution in [0.4, 0.5) is 0 Å². The molecule has 0 fully saturated rings. The Bertz CT molecular complexity index is 173. The zero-order chi connectivity index (χ0) is 9.72. The molecule has 0 rings (SSSR count). The molecule has 0 aliphatic heterocycles. The van der Waals surface area contributed by atoms with Gasteiger partial charge in [-0.05, 0) is 20.8 Å². The fourth-order valence-electron chi connectivity index (χ4n) is 0.812. The smallest absolute Gasteiger partial charge is 0.333 e. The summed E-state index contributed by atoms with van der Waals surface area (Å²) in [6.07, 6.45) is -0.244. The SMILES string of the molecule is C=C(C)C(=O)OC(C)CC(C)O. The maximum absolute atomic E-state index is 10.9. The number of ether oxygens (including phenoxy) is 1. The van der Waals surface area contributed by atoms with E-state index in [1.807, 2.05) is 0 Å². The number of aliphatic hydroxyl groups is 1. The Hall–Kier alpha value is -0.830. The summed E-state index contributed by atoms with van der Waals surface area (Å²) in [4.78, 5) is 10.9. The first-order valence-corrected chi connectivity index (χ1v) is 3.98. The van der Waals surface area contributed by atoms with Gasteiger partial charge in [-0.1, -0.05) is 6.58 Å². The summed E-state index contributed by atoms with van der Waals surface area (Å²) in [7, 11) is 0. The molecule has 0 amide bonds. The lowest BCUT2D eigenvalue weighted by Gasteiger charge is -2.14. The summed E-state index contributed by atoms with van der Waals surface area (Å²) >= 11 is 0. The number of aliphatic hydroxyl groups excluding tert-OH is 1. The number of hydrogen-bond acceptors (Lipinski definition) is 3. The molecule has 70 valence electrons. The van der Waals surface area contributed by atoms with Gasteiger partial charge in [0, 0.05) is 12.0 Å². The molecule has 0 aromatic heterocycles. The Labute approximate surface area is 73.0 Å². The molecule has 0 radical (unpaired) electrons. The highest BCUT2D eigenvalue weighted by Crippen LogP contribution is 2.04. The van der Waals surface area contributed by atoms with Gasteiger partial charge in [-0.25, -0.2) is 4.79 Å². The molecule has 0 bridgehead atoms. The Balaban J connectivity index is 3.76. The van der Waals surface area contributed by atoms with E-state index in [0.29, 0.717) is 12.0 Å². The number of carbonyl (C=O) groups is 1. The molecule has 3 nitrogen and oxygen atoms in total. The number of rotatable bonds is 4. The van der Waals surface area contributed by atoms with Crippen molar-refractivity contribution in [2.24, 2.45) is 0 Å². The molecule has 12 heavy (non-hydrogen) atoms. The zero-order valence-corrected chi connectivity index (χ0v) is 7.83. The number of carbonyl (C=O) groups excluding carboxylic acids is 1. The van der Waals surface area contributed by atoms with Gasteiger partial charge in [0.25, 0.3) is 0 Å². The van der Waals surface area contributed by atoms with Crippen molar-refractivity contribution in [1.29, 1.82) is 0 Å². The van der Waals surface area contributed by atoms with E-state index in [0.717, 1.165) is 0 Å². The number of hydrogen-bond donors (Lipinski definition) is 1. The van der Waals surface area contributed by atoms with Crippen molar-refractivity contribution in [2.75, 3.05) is 0 Å². The quantitative estimate of drug-likeness (QED) is 0.513. The predicted molar refractivity (Wildman–Crippen MR) is 46.7 cm³/mol. The van der Waals surface area contributed by atoms with Gasteiger partial charge >= 0.3 is 5.97 Å². The lowest BCUT2D eigenvalue weighted by molar-refractivity contribution is -0.144. The fourth-order valence-corrected chi connectivity index (χ4v) is 0.812. The van der Waals surface area contributed by atoms with Crippen LogP contribution < -0.4 is 0 Å². The van der Waals surface area contributed by atoms with Gasteiger partial charge < -0.3 is 9.84 Å². The van der Waals surface area contributed by atoms with Gasteiger partial charge in [-0.15, -0.1) is 0 Å². The predicted octanol–water partition coefficient (Wildman–Crippen LogP) is 1.27. The van der Waals surface area contributed by atoms with Crippen LogP contribution in [0.5, 0.6) is 0 Å². The molecule has 0 aliphatic carbocycles. The molecule has 0 aliphatic rings. The molecule has 3 heteroatoms. The molecule has 0 aromatic carbocycles. The van der Waals surface area contributed by atoms with Crippen molar-refractivity contribution >= 4 is 5.97 Å². The van der Waals surface area contributed by atoms with Crippen LogP contribution in [-0.4, -0.2) is 23.3 Å². The summed E-state index contributed by atoms with van der Waals surface area (Å²) in [6, 6.07) is 0. The monoisotopic (exact) mass is 172 g/mol. The standard InChI is InChI=1S/C9H16O3/c1-6(2)9(11)12-8(4)5-7(3)10/h7-8,10H,1,5H2,2-4H3. The third-order valence-corrected chi connectivity index (χ3v) is 1.33. The van der Waals surface area contributed by atoms with Gasteiger partial charge in [-0.3, -0.25) is 0 Å². The molecule has 1 N–H and O–H groups in total. The average Bonchev–Trinajstić information content (AvgIpc) is 1.84. The van der Waals surface area contributed by atoms with Crippen LogP contribution in [0.3, 0.4) is 0 Å². The topological polar surface area (TPSA) is 46.5 Å². The van der Waals surface area contributed by atoms with Crippen LogP contribution >= 0.6 is 0 Å². The van der Waals surface area contributed by atoms with Crippen molar-refractivity contribution < 1.29 is 14.6 Å². The van der Waals surface area contributed by atoms with Crippen LogP contribution in [0.2, 0.25) is 0 Å². The Morgan fingerprint density at radius 2 is 2.08 bits per heavy atom. The largest absolute Gasteiger partial charge is 0.459 e. The summed E-state index contributed by atoms with van der Waals surface area (Å²) in [6.45, 7) is 8.45.